The third kappa shape index (κ3) is 3.16. The number of rotatable bonds is 4. The van der Waals surface area contributed by atoms with Crippen LogP contribution in [0, 0.1) is 0 Å². The molecule has 3 rings (SSSR count). The Bertz CT molecular complexity index is 629. The number of hydrogen-bond acceptors (Lipinski definition) is 7. The standard InChI is InChI=1S/C14H21N5OS/c1-18(2)6-9-5-10(20)7-19(9)8-12-16-13(15)11-3-4-21-14(11)17-12/h3-4,9-10,20H,5-8H2,1-2H3,(H2,15,16,17). The molecule has 2 atom stereocenters. The van der Waals surface area contributed by atoms with E-state index in [1.807, 2.05) is 11.4 Å². The molecule has 1 aliphatic rings. The van der Waals surface area contributed by atoms with Crippen LogP contribution in [0.5, 0.6) is 0 Å². The highest BCUT2D eigenvalue weighted by Gasteiger charge is 2.31. The topological polar surface area (TPSA) is 78.5 Å². The van der Waals surface area contributed by atoms with Crippen LogP contribution >= 0.6 is 11.3 Å². The minimum absolute atomic E-state index is 0.266. The van der Waals surface area contributed by atoms with Gasteiger partial charge >= 0.3 is 0 Å². The number of likely N-dealkylation sites (tertiary alicyclic amines) is 1. The summed E-state index contributed by atoms with van der Waals surface area (Å²) in [5.41, 5.74) is 6.00. The zero-order chi connectivity index (χ0) is 15.0. The lowest BCUT2D eigenvalue weighted by atomic mass is 10.2. The smallest absolute Gasteiger partial charge is 0.146 e. The van der Waals surface area contributed by atoms with Gasteiger partial charge in [-0.25, -0.2) is 9.97 Å². The lowest BCUT2D eigenvalue weighted by molar-refractivity contribution is 0.167. The van der Waals surface area contributed by atoms with Gasteiger partial charge in [0.25, 0.3) is 0 Å². The average molecular weight is 307 g/mol. The van der Waals surface area contributed by atoms with E-state index in [1.54, 1.807) is 11.3 Å². The first-order valence-electron chi connectivity index (χ1n) is 7.09. The van der Waals surface area contributed by atoms with E-state index in [4.69, 9.17) is 5.73 Å². The van der Waals surface area contributed by atoms with E-state index in [0.29, 0.717) is 24.9 Å². The number of hydrogen-bond donors (Lipinski definition) is 2. The molecule has 7 heteroatoms. The Kier molecular flexibility index (Phi) is 4.08. The molecule has 1 fully saturated rings. The van der Waals surface area contributed by atoms with Gasteiger partial charge in [-0.1, -0.05) is 0 Å². The van der Waals surface area contributed by atoms with Crippen LogP contribution in [0.25, 0.3) is 10.2 Å². The number of β-amino-alcohol motifs (C(OH)–C–C–N with tert-alkyl or cyclic N) is 1. The second kappa shape index (κ2) is 5.84. The summed E-state index contributed by atoms with van der Waals surface area (Å²) in [5.74, 6) is 1.28. The van der Waals surface area contributed by atoms with Gasteiger partial charge in [0.15, 0.2) is 0 Å². The van der Waals surface area contributed by atoms with Gasteiger partial charge in [-0.05, 0) is 32.0 Å². The van der Waals surface area contributed by atoms with Gasteiger partial charge in [0.2, 0.25) is 0 Å². The minimum atomic E-state index is -0.266. The number of aromatic nitrogens is 2. The van der Waals surface area contributed by atoms with Crippen molar-refractivity contribution in [3.63, 3.8) is 0 Å². The number of aliphatic hydroxyl groups is 1. The van der Waals surface area contributed by atoms with Gasteiger partial charge in [0.05, 0.1) is 18.0 Å². The molecule has 6 nitrogen and oxygen atoms in total. The summed E-state index contributed by atoms with van der Waals surface area (Å²) < 4.78 is 0. The molecule has 21 heavy (non-hydrogen) atoms. The van der Waals surface area contributed by atoms with E-state index >= 15 is 0 Å². The van der Waals surface area contributed by atoms with Crippen molar-refractivity contribution >= 4 is 27.4 Å². The Hall–Kier alpha value is -1.28. The third-order valence-corrected chi connectivity index (χ3v) is 4.63. The monoisotopic (exact) mass is 307 g/mol. The van der Waals surface area contributed by atoms with Crippen molar-refractivity contribution in [1.82, 2.24) is 19.8 Å². The Morgan fingerprint density at radius 2 is 2.29 bits per heavy atom. The highest BCUT2D eigenvalue weighted by atomic mass is 32.1. The zero-order valence-corrected chi connectivity index (χ0v) is 13.2. The van der Waals surface area contributed by atoms with Crippen LogP contribution in [0.3, 0.4) is 0 Å². The van der Waals surface area contributed by atoms with Gasteiger partial charge in [-0.2, -0.15) is 0 Å². The van der Waals surface area contributed by atoms with E-state index in [0.717, 1.165) is 29.0 Å². The van der Waals surface area contributed by atoms with Crippen molar-refractivity contribution in [2.24, 2.45) is 0 Å². The lowest BCUT2D eigenvalue weighted by Gasteiger charge is -2.25. The SMILES string of the molecule is CN(C)CC1CC(O)CN1Cc1nc(N)c2ccsc2n1. The molecule has 0 aliphatic carbocycles. The molecular formula is C14H21N5OS. The molecule has 2 aromatic rings. The number of anilines is 1. The first kappa shape index (κ1) is 14.6. The van der Waals surface area contributed by atoms with Crippen molar-refractivity contribution in [3.8, 4) is 0 Å². The predicted molar refractivity (Wildman–Crippen MR) is 85.2 cm³/mol. The molecule has 1 saturated heterocycles. The minimum Gasteiger partial charge on any atom is -0.392 e. The summed E-state index contributed by atoms with van der Waals surface area (Å²) in [5, 5.41) is 12.8. The number of thiophene rings is 1. The van der Waals surface area contributed by atoms with E-state index in [1.165, 1.54) is 0 Å². The van der Waals surface area contributed by atoms with Crippen LogP contribution in [0.4, 0.5) is 5.82 Å². The maximum atomic E-state index is 9.93. The van der Waals surface area contributed by atoms with E-state index in [2.05, 4.69) is 33.9 Å². The molecule has 0 radical (unpaired) electrons. The molecule has 0 bridgehead atoms. The van der Waals surface area contributed by atoms with Crippen molar-refractivity contribution < 1.29 is 5.11 Å². The Morgan fingerprint density at radius 1 is 1.48 bits per heavy atom. The summed E-state index contributed by atoms with van der Waals surface area (Å²) in [4.78, 5) is 14.3. The summed E-state index contributed by atoms with van der Waals surface area (Å²) in [6.45, 7) is 2.23. The van der Waals surface area contributed by atoms with Crippen LogP contribution in [-0.4, -0.2) is 64.2 Å². The fraction of sp³-hybridized carbons (Fsp3) is 0.571. The lowest BCUT2D eigenvalue weighted by Crippen LogP contribution is -2.37. The number of fused-ring (bicyclic) bond motifs is 1. The van der Waals surface area contributed by atoms with E-state index in [-0.39, 0.29) is 6.10 Å². The molecule has 114 valence electrons. The maximum Gasteiger partial charge on any atom is 0.146 e. The average Bonchev–Trinajstić information content (AvgIpc) is 2.96. The number of likely N-dealkylation sites (N-methyl/N-ethyl adjacent to an activating group) is 1. The Labute approximate surface area is 128 Å². The van der Waals surface area contributed by atoms with Crippen molar-refractivity contribution in [3.05, 3.63) is 17.3 Å². The van der Waals surface area contributed by atoms with Gasteiger partial charge in [0, 0.05) is 19.1 Å². The highest BCUT2D eigenvalue weighted by Crippen LogP contribution is 2.25. The fourth-order valence-electron chi connectivity index (χ4n) is 2.94. The molecule has 1 aliphatic heterocycles. The molecule has 2 aromatic heterocycles. The third-order valence-electron chi connectivity index (χ3n) is 3.83. The van der Waals surface area contributed by atoms with Crippen LogP contribution < -0.4 is 5.73 Å². The molecule has 0 amide bonds. The molecule has 3 N–H and O–H groups in total. The predicted octanol–water partition coefficient (Wildman–Crippen LogP) is 0.770. The van der Waals surface area contributed by atoms with E-state index < -0.39 is 0 Å². The van der Waals surface area contributed by atoms with E-state index in [9.17, 15) is 5.11 Å². The van der Waals surface area contributed by atoms with Crippen molar-refractivity contribution in [1.29, 1.82) is 0 Å². The summed E-state index contributed by atoms with van der Waals surface area (Å²) >= 11 is 1.58. The van der Waals surface area contributed by atoms with Crippen molar-refractivity contribution in [2.75, 3.05) is 32.9 Å². The van der Waals surface area contributed by atoms with Gasteiger partial charge in [-0.3, -0.25) is 4.90 Å². The second-order valence-electron chi connectivity index (χ2n) is 5.90. The molecule has 2 unspecified atom stereocenters. The van der Waals surface area contributed by atoms with Crippen LogP contribution in [0.1, 0.15) is 12.2 Å². The van der Waals surface area contributed by atoms with Crippen LogP contribution in [0.2, 0.25) is 0 Å². The number of aliphatic hydroxyl groups excluding tert-OH is 1. The molecule has 0 spiro atoms. The maximum absolute atomic E-state index is 9.93. The summed E-state index contributed by atoms with van der Waals surface area (Å²) in [6.07, 6.45) is 0.535. The number of nitrogens with two attached hydrogens (primary N) is 1. The fourth-order valence-corrected chi connectivity index (χ4v) is 3.73. The summed E-state index contributed by atoms with van der Waals surface area (Å²) in [6, 6.07) is 2.28. The quantitative estimate of drug-likeness (QED) is 0.869. The zero-order valence-electron chi connectivity index (χ0n) is 12.4. The van der Waals surface area contributed by atoms with Gasteiger partial charge in [-0.15, -0.1) is 11.3 Å². The normalized spacial score (nSPS) is 23.4. The van der Waals surface area contributed by atoms with Gasteiger partial charge in [0.1, 0.15) is 16.5 Å². The largest absolute Gasteiger partial charge is 0.392 e. The van der Waals surface area contributed by atoms with Crippen LogP contribution in [0.15, 0.2) is 11.4 Å². The van der Waals surface area contributed by atoms with Gasteiger partial charge < -0.3 is 15.7 Å². The molecule has 3 heterocycles. The van der Waals surface area contributed by atoms with Crippen molar-refractivity contribution in [2.45, 2.75) is 25.1 Å². The first-order valence-corrected chi connectivity index (χ1v) is 7.97. The number of nitrogen functional groups attached to an aromatic ring is 1. The van der Waals surface area contributed by atoms with Crippen LogP contribution in [-0.2, 0) is 6.54 Å². The molecule has 0 saturated carbocycles. The first-order chi connectivity index (χ1) is 10.0. The summed E-state index contributed by atoms with van der Waals surface area (Å²) in [7, 11) is 4.10. The molecular weight excluding hydrogens is 286 g/mol. The second-order valence-corrected chi connectivity index (χ2v) is 6.79. The Morgan fingerprint density at radius 3 is 3.05 bits per heavy atom. The highest BCUT2D eigenvalue weighted by molar-refractivity contribution is 7.16. The number of nitrogens with zero attached hydrogens (tertiary/aromatic N) is 4. The Balaban J connectivity index is 1.79. The molecule has 0 aromatic carbocycles.